The Kier molecular flexibility index (Phi) is 7.76. The lowest BCUT2D eigenvalue weighted by molar-refractivity contribution is -0.126. The van der Waals surface area contributed by atoms with Crippen LogP contribution in [0.1, 0.15) is 17.5 Å². The number of rotatable bonds is 8. The summed E-state index contributed by atoms with van der Waals surface area (Å²) in [5.74, 6) is -0.391. The Morgan fingerprint density at radius 2 is 1.64 bits per heavy atom. The van der Waals surface area contributed by atoms with E-state index in [1.54, 1.807) is 18.2 Å². The van der Waals surface area contributed by atoms with Crippen LogP contribution in [0, 0.1) is 0 Å². The zero-order valence-corrected chi connectivity index (χ0v) is 15.2. The van der Waals surface area contributed by atoms with Crippen molar-refractivity contribution >= 4 is 35.0 Å². The molecule has 0 atom stereocenters. The molecule has 0 saturated heterocycles. The largest absolute Gasteiger partial charge is 0.354 e. The van der Waals surface area contributed by atoms with E-state index in [-0.39, 0.29) is 24.8 Å². The molecule has 0 aliphatic carbocycles. The number of benzene rings is 2. The van der Waals surface area contributed by atoms with E-state index >= 15 is 0 Å². The number of carbonyl (C=O) groups excluding carboxylic acids is 2. The van der Waals surface area contributed by atoms with Gasteiger partial charge < -0.3 is 10.6 Å². The number of nitrogens with one attached hydrogen (secondary N) is 2. The van der Waals surface area contributed by atoms with E-state index in [0.29, 0.717) is 23.0 Å². The number of aryl methyl sites for hydroxylation is 1. The first kappa shape index (κ1) is 19.3. The molecule has 25 heavy (non-hydrogen) atoms. The van der Waals surface area contributed by atoms with Crippen molar-refractivity contribution in [3.63, 3.8) is 0 Å². The van der Waals surface area contributed by atoms with Gasteiger partial charge in [0, 0.05) is 23.0 Å². The summed E-state index contributed by atoms with van der Waals surface area (Å²) in [6.07, 6.45) is 1.52. The molecule has 0 aromatic heterocycles. The second-order valence-corrected chi connectivity index (χ2v) is 6.44. The zero-order valence-electron chi connectivity index (χ0n) is 13.7. The van der Waals surface area contributed by atoms with Crippen molar-refractivity contribution in [2.75, 3.05) is 13.1 Å². The van der Waals surface area contributed by atoms with Crippen molar-refractivity contribution in [2.45, 2.75) is 19.3 Å². The third-order valence-electron chi connectivity index (χ3n) is 3.66. The molecule has 2 rings (SSSR count). The molecule has 2 amide bonds. The fraction of sp³-hybridized carbons (Fsp3) is 0.263. The Morgan fingerprint density at radius 3 is 2.36 bits per heavy atom. The van der Waals surface area contributed by atoms with Crippen LogP contribution in [-0.4, -0.2) is 24.9 Å². The molecule has 0 aliphatic rings. The summed E-state index contributed by atoms with van der Waals surface area (Å²) in [5.41, 5.74) is 2.01. The Hall–Kier alpha value is -2.04. The molecule has 2 aromatic rings. The maximum absolute atomic E-state index is 11.8. The van der Waals surface area contributed by atoms with Gasteiger partial charge in [0.2, 0.25) is 11.8 Å². The molecule has 4 nitrogen and oxygen atoms in total. The van der Waals surface area contributed by atoms with E-state index in [1.807, 2.05) is 30.3 Å². The van der Waals surface area contributed by atoms with Gasteiger partial charge in [0.25, 0.3) is 0 Å². The van der Waals surface area contributed by atoms with Crippen LogP contribution in [-0.2, 0) is 22.4 Å². The van der Waals surface area contributed by atoms with Gasteiger partial charge in [-0.15, -0.1) is 0 Å². The number of hydrogen-bond acceptors (Lipinski definition) is 2. The first-order valence-electron chi connectivity index (χ1n) is 8.06. The topological polar surface area (TPSA) is 58.2 Å². The van der Waals surface area contributed by atoms with Crippen LogP contribution in [0.4, 0.5) is 0 Å². The van der Waals surface area contributed by atoms with E-state index in [4.69, 9.17) is 23.2 Å². The van der Waals surface area contributed by atoms with Gasteiger partial charge in [-0.05, 0) is 36.1 Å². The van der Waals surface area contributed by atoms with Crippen molar-refractivity contribution < 1.29 is 9.59 Å². The quantitative estimate of drug-likeness (QED) is 0.739. The smallest absolute Gasteiger partial charge is 0.239 e. The standard InChI is InChI=1S/C19H20Cl2N2O2/c20-16-8-6-15(17(21)12-16)7-9-18(24)23-13-19(25)22-11-10-14-4-2-1-3-5-14/h1-6,8,12H,7,9-11,13H2,(H,22,25)(H,23,24). The third kappa shape index (κ3) is 7.16. The summed E-state index contributed by atoms with van der Waals surface area (Å²) < 4.78 is 0. The molecule has 0 fully saturated rings. The predicted molar refractivity (Wildman–Crippen MR) is 101 cm³/mol. The van der Waals surface area contributed by atoms with Gasteiger partial charge >= 0.3 is 0 Å². The van der Waals surface area contributed by atoms with Gasteiger partial charge in [-0.1, -0.05) is 59.6 Å². The monoisotopic (exact) mass is 378 g/mol. The highest BCUT2D eigenvalue weighted by atomic mass is 35.5. The summed E-state index contributed by atoms with van der Waals surface area (Å²) >= 11 is 11.9. The van der Waals surface area contributed by atoms with Crippen molar-refractivity contribution in [1.29, 1.82) is 0 Å². The molecule has 0 saturated carbocycles. The maximum Gasteiger partial charge on any atom is 0.239 e. The molecule has 2 N–H and O–H groups in total. The Labute approximate surface area is 157 Å². The molecular weight excluding hydrogens is 359 g/mol. The lowest BCUT2D eigenvalue weighted by Gasteiger charge is -2.08. The van der Waals surface area contributed by atoms with Crippen LogP contribution in [0.5, 0.6) is 0 Å². The highest BCUT2D eigenvalue weighted by molar-refractivity contribution is 6.35. The van der Waals surface area contributed by atoms with Gasteiger partial charge in [-0.25, -0.2) is 0 Å². The van der Waals surface area contributed by atoms with Crippen LogP contribution in [0.15, 0.2) is 48.5 Å². The van der Waals surface area contributed by atoms with E-state index in [1.165, 1.54) is 0 Å². The Morgan fingerprint density at radius 1 is 0.880 bits per heavy atom. The molecule has 6 heteroatoms. The Bertz CT molecular complexity index is 721. The summed E-state index contributed by atoms with van der Waals surface area (Å²) in [4.78, 5) is 23.6. The summed E-state index contributed by atoms with van der Waals surface area (Å²) in [5, 5.41) is 6.50. The SMILES string of the molecule is O=C(CCc1ccc(Cl)cc1Cl)NCC(=O)NCCc1ccccc1. The number of carbonyl (C=O) groups is 2. The van der Waals surface area contributed by atoms with E-state index in [2.05, 4.69) is 10.6 Å². The van der Waals surface area contributed by atoms with Crippen LogP contribution in [0.2, 0.25) is 10.0 Å². The molecule has 0 heterocycles. The van der Waals surface area contributed by atoms with Gasteiger partial charge in [0.05, 0.1) is 6.54 Å². The summed E-state index contributed by atoms with van der Waals surface area (Å²) in [6.45, 7) is 0.515. The Balaban J connectivity index is 1.63. The first-order chi connectivity index (χ1) is 12.0. The minimum Gasteiger partial charge on any atom is -0.354 e. The predicted octanol–water partition coefficient (Wildman–Crippen LogP) is 3.40. The molecule has 2 aromatic carbocycles. The van der Waals surface area contributed by atoms with Gasteiger partial charge in [-0.3, -0.25) is 9.59 Å². The van der Waals surface area contributed by atoms with Crippen molar-refractivity contribution in [2.24, 2.45) is 0 Å². The van der Waals surface area contributed by atoms with Crippen LogP contribution in [0.3, 0.4) is 0 Å². The van der Waals surface area contributed by atoms with Crippen molar-refractivity contribution in [1.82, 2.24) is 10.6 Å². The molecule has 0 radical (unpaired) electrons. The van der Waals surface area contributed by atoms with Gasteiger partial charge in [0.15, 0.2) is 0 Å². The van der Waals surface area contributed by atoms with Crippen LogP contribution in [0.25, 0.3) is 0 Å². The first-order valence-corrected chi connectivity index (χ1v) is 8.81. The highest BCUT2D eigenvalue weighted by Gasteiger charge is 2.08. The second kappa shape index (κ2) is 10.1. The van der Waals surface area contributed by atoms with Crippen molar-refractivity contribution in [3.05, 3.63) is 69.7 Å². The van der Waals surface area contributed by atoms with E-state index in [0.717, 1.165) is 17.5 Å². The zero-order chi connectivity index (χ0) is 18.1. The lowest BCUT2D eigenvalue weighted by atomic mass is 10.1. The van der Waals surface area contributed by atoms with Gasteiger partial charge in [0.1, 0.15) is 0 Å². The van der Waals surface area contributed by atoms with Gasteiger partial charge in [-0.2, -0.15) is 0 Å². The minimum absolute atomic E-state index is 0.0258. The molecular formula is C19H20Cl2N2O2. The summed E-state index contributed by atoms with van der Waals surface area (Å²) in [6, 6.07) is 15.1. The van der Waals surface area contributed by atoms with E-state index < -0.39 is 0 Å². The number of halogens is 2. The maximum atomic E-state index is 11.8. The van der Waals surface area contributed by atoms with Crippen LogP contribution < -0.4 is 10.6 Å². The fourth-order valence-corrected chi connectivity index (χ4v) is 2.80. The van der Waals surface area contributed by atoms with Crippen molar-refractivity contribution in [3.8, 4) is 0 Å². The highest BCUT2D eigenvalue weighted by Crippen LogP contribution is 2.21. The summed E-state index contributed by atoms with van der Waals surface area (Å²) in [7, 11) is 0. The lowest BCUT2D eigenvalue weighted by Crippen LogP contribution is -2.37. The van der Waals surface area contributed by atoms with Crippen LogP contribution >= 0.6 is 23.2 Å². The minimum atomic E-state index is -0.200. The molecule has 0 aliphatic heterocycles. The third-order valence-corrected chi connectivity index (χ3v) is 4.25. The fourth-order valence-electron chi connectivity index (χ4n) is 2.29. The van der Waals surface area contributed by atoms with E-state index in [9.17, 15) is 9.59 Å². The molecule has 0 spiro atoms. The molecule has 0 bridgehead atoms. The molecule has 132 valence electrons. The number of amides is 2. The molecule has 0 unspecified atom stereocenters. The second-order valence-electron chi connectivity index (χ2n) is 5.60. The normalized spacial score (nSPS) is 10.3. The number of hydrogen-bond donors (Lipinski definition) is 2. The average Bonchev–Trinajstić information content (AvgIpc) is 2.60. The average molecular weight is 379 g/mol.